The van der Waals surface area contributed by atoms with E-state index in [1.54, 1.807) is 29.9 Å². The number of amides is 1. The van der Waals surface area contributed by atoms with Crippen molar-refractivity contribution in [1.82, 2.24) is 9.55 Å². The Kier molecular flexibility index (Phi) is 6.07. The molecule has 0 saturated carbocycles. The van der Waals surface area contributed by atoms with E-state index in [9.17, 15) is 14.0 Å². The molecule has 0 aliphatic carbocycles. The molecule has 1 aromatic carbocycles. The van der Waals surface area contributed by atoms with Gasteiger partial charge in [0.15, 0.2) is 0 Å². The van der Waals surface area contributed by atoms with Crippen molar-refractivity contribution in [2.45, 2.75) is 20.4 Å². The topological polar surface area (TPSA) is 85.2 Å². The third-order valence-electron chi connectivity index (χ3n) is 4.40. The maximum atomic E-state index is 14.3. The first-order valence-electron chi connectivity index (χ1n) is 9.10. The molecule has 0 atom stereocenters. The van der Waals surface area contributed by atoms with E-state index in [-0.39, 0.29) is 33.2 Å². The van der Waals surface area contributed by atoms with Crippen LogP contribution in [0.5, 0.6) is 0 Å². The van der Waals surface area contributed by atoms with E-state index in [0.717, 1.165) is 6.07 Å². The fraction of sp³-hybridized carbons (Fsp3) is 0.190. The fourth-order valence-corrected chi connectivity index (χ4v) is 3.31. The van der Waals surface area contributed by atoms with Crippen LogP contribution in [0.15, 0.2) is 47.6 Å². The van der Waals surface area contributed by atoms with Crippen molar-refractivity contribution in [3.8, 4) is 11.1 Å². The third kappa shape index (κ3) is 4.13. The molecule has 0 unspecified atom stereocenters. The van der Waals surface area contributed by atoms with E-state index >= 15 is 0 Å². The van der Waals surface area contributed by atoms with Gasteiger partial charge in [-0.3, -0.25) is 10.1 Å². The number of fused-ring (bicyclic) bond motifs is 1. The van der Waals surface area contributed by atoms with Gasteiger partial charge in [-0.15, -0.1) is 0 Å². The number of hydrogen-bond donors (Lipinski definition) is 2. The average molecular weight is 431 g/mol. The molecule has 0 aliphatic heterocycles. The van der Waals surface area contributed by atoms with Gasteiger partial charge >= 0.3 is 6.09 Å². The second-order valence-electron chi connectivity index (χ2n) is 6.51. The Morgan fingerprint density at radius 3 is 2.67 bits per heavy atom. The molecule has 3 aromatic rings. The van der Waals surface area contributed by atoms with Gasteiger partial charge in [0.05, 0.1) is 22.0 Å². The predicted octanol–water partition coefficient (Wildman–Crippen LogP) is 5.00. The summed E-state index contributed by atoms with van der Waals surface area (Å²) in [5.41, 5.74) is 0.751. The normalized spacial score (nSPS) is 10.7. The molecular formula is C21H20ClFN4O3. The second-order valence-corrected chi connectivity index (χ2v) is 6.92. The van der Waals surface area contributed by atoms with Gasteiger partial charge in [-0.05, 0) is 32.0 Å². The lowest BCUT2D eigenvalue weighted by atomic mass is 10.0. The Balaban J connectivity index is 2.18. The molecule has 156 valence electrons. The van der Waals surface area contributed by atoms with Crippen LogP contribution in [0.2, 0.25) is 5.02 Å². The van der Waals surface area contributed by atoms with Crippen LogP contribution in [0.1, 0.15) is 13.8 Å². The number of aryl methyl sites for hydroxylation is 1. The molecule has 2 N–H and O–H groups in total. The number of aromatic nitrogens is 2. The number of carbonyl (C=O) groups excluding carboxylic acids is 1. The molecule has 2 aromatic heterocycles. The SMILES string of the molecule is C=C(C)OC(=O)Nc1cc(-c2cc3cnc(NC)cc3n(CC)c2=O)c(Cl)cc1F. The number of ether oxygens (including phenoxy) is 1. The van der Waals surface area contributed by atoms with E-state index in [4.69, 9.17) is 16.3 Å². The number of benzene rings is 1. The highest BCUT2D eigenvalue weighted by Crippen LogP contribution is 2.32. The molecule has 30 heavy (non-hydrogen) atoms. The lowest BCUT2D eigenvalue weighted by Gasteiger charge is -2.14. The molecule has 0 spiro atoms. The zero-order valence-corrected chi connectivity index (χ0v) is 17.4. The molecule has 9 heteroatoms. The lowest BCUT2D eigenvalue weighted by molar-refractivity contribution is 0.192. The highest BCUT2D eigenvalue weighted by atomic mass is 35.5. The van der Waals surface area contributed by atoms with Crippen molar-refractivity contribution < 1.29 is 13.9 Å². The first kappa shape index (κ1) is 21.3. The van der Waals surface area contributed by atoms with Crippen molar-refractivity contribution >= 4 is 40.1 Å². The highest BCUT2D eigenvalue weighted by Gasteiger charge is 2.18. The number of carbonyl (C=O) groups is 1. The van der Waals surface area contributed by atoms with E-state index < -0.39 is 11.9 Å². The summed E-state index contributed by atoms with van der Waals surface area (Å²) in [6, 6.07) is 5.76. The van der Waals surface area contributed by atoms with Crippen LogP contribution < -0.4 is 16.2 Å². The maximum absolute atomic E-state index is 14.3. The minimum Gasteiger partial charge on any atom is -0.416 e. The average Bonchev–Trinajstić information content (AvgIpc) is 2.69. The van der Waals surface area contributed by atoms with Crippen molar-refractivity contribution in [3.05, 3.63) is 64.0 Å². The van der Waals surface area contributed by atoms with Crippen LogP contribution in [-0.4, -0.2) is 22.7 Å². The quantitative estimate of drug-likeness (QED) is 0.556. The van der Waals surface area contributed by atoms with Crippen molar-refractivity contribution in [1.29, 1.82) is 0 Å². The number of nitrogens with one attached hydrogen (secondary N) is 2. The second kappa shape index (κ2) is 8.54. The van der Waals surface area contributed by atoms with E-state index in [2.05, 4.69) is 22.2 Å². The van der Waals surface area contributed by atoms with E-state index in [1.165, 1.54) is 13.0 Å². The third-order valence-corrected chi connectivity index (χ3v) is 4.71. The molecular weight excluding hydrogens is 411 g/mol. The van der Waals surface area contributed by atoms with Gasteiger partial charge < -0.3 is 14.6 Å². The fourth-order valence-electron chi connectivity index (χ4n) is 3.06. The minimum atomic E-state index is -0.900. The van der Waals surface area contributed by atoms with E-state index in [1.807, 2.05) is 6.92 Å². The molecule has 0 radical (unpaired) electrons. The molecule has 0 saturated heterocycles. The minimum absolute atomic E-state index is 0.0326. The standard InChI is InChI=1S/C21H20ClFN4O3/c1-5-27-18-9-19(24-4)25-10-12(18)6-14(20(27)28)13-7-17(16(23)8-15(13)22)26-21(29)30-11(2)3/h6-10H,2,5H2,1,3-4H3,(H,24,25)(H,26,29). The van der Waals surface area contributed by atoms with Gasteiger partial charge in [0.25, 0.3) is 5.56 Å². The number of rotatable bonds is 5. The molecule has 2 heterocycles. The molecule has 1 amide bonds. The van der Waals surface area contributed by atoms with Crippen LogP contribution >= 0.6 is 11.6 Å². The van der Waals surface area contributed by atoms with Gasteiger partial charge in [-0.25, -0.2) is 14.2 Å². The van der Waals surface area contributed by atoms with Gasteiger partial charge in [0.2, 0.25) is 0 Å². The number of hydrogen-bond acceptors (Lipinski definition) is 5. The summed E-state index contributed by atoms with van der Waals surface area (Å²) in [7, 11) is 1.74. The summed E-state index contributed by atoms with van der Waals surface area (Å²) in [5, 5.41) is 5.98. The Hall–Kier alpha value is -3.39. The molecule has 7 nitrogen and oxygen atoms in total. The summed E-state index contributed by atoms with van der Waals surface area (Å²) < 4.78 is 20.7. The molecule has 0 fully saturated rings. The Labute approximate surface area is 177 Å². The van der Waals surface area contributed by atoms with Crippen molar-refractivity contribution in [3.63, 3.8) is 0 Å². The largest absolute Gasteiger partial charge is 0.416 e. The summed E-state index contributed by atoms with van der Waals surface area (Å²) >= 11 is 6.25. The predicted molar refractivity (Wildman–Crippen MR) is 117 cm³/mol. The summed E-state index contributed by atoms with van der Waals surface area (Å²) in [4.78, 5) is 29.3. The smallest absolute Gasteiger partial charge is 0.416 e. The number of halogens is 2. The number of pyridine rings is 2. The van der Waals surface area contributed by atoms with Crippen LogP contribution in [0, 0.1) is 5.82 Å². The Morgan fingerprint density at radius 2 is 2.03 bits per heavy atom. The summed E-state index contributed by atoms with van der Waals surface area (Å²) in [5.74, 6) is 0.00872. The van der Waals surface area contributed by atoms with Gasteiger partial charge in [0, 0.05) is 42.4 Å². The van der Waals surface area contributed by atoms with Gasteiger partial charge in [-0.2, -0.15) is 0 Å². The zero-order chi connectivity index (χ0) is 22.0. The molecule has 0 bridgehead atoms. The van der Waals surface area contributed by atoms with E-state index in [0.29, 0.717) is 23.3 Å². The number of nitrogens with zero attached hydrogens (tertiary/aromatic N) is 2. The molecule has 0 aliphatic rings. The Bertz CT molecular complexity index is 1220. The Morgan fingerprint density at radius 1 is 1.30 bits per heavy atom. The van der Waals surface area contributed by atoms with Crippen molar-refractivity contribution in [2.24, 2.45) is 0 Å². The van der Waals surface area contributed by atoms with Crippen LogP contribution in [0.4, 0.5) is 20.7 Å². The van der Waals surface area contributed by atoms with Crippen LogP contribution in [0.25, 0.3) is 22.0 Å². The summed E-state index contributed by atoms with van der Waals surface area (Å²) in [6.07, 6.45) is 0.736. The summed E-state index contributed by atoms with van der Waals surface area (Å²) in [6.45, 7) is 7.20. The van der Waals surface area contributed by atoms with Gasteiger partial charge in [-0.1, -0.05) is 18.2 Å². The van der Waals surface area contributed by atoms with Crippen LogP contribution in [-0.2, 0) is 11.3 Å². The molecule has 3 rings (SSSR count). The zero-order valence-electron chi connectivity index (χ0n) is 16.7. The first-order chi connectivity index (χ1) is 14.2. The number of anilines is 2. The highest BCUT2D eigenvalue weighted by molar-refractivity contribution is 6.33. The maximum Gasteiger partial charge on any atom is 0.416 e. The van der Waals surface area contributed by atoms with Crippen molar-refractivity contribution in [2.75, 3.05) is 17.7 Å². The monoisotopic (exact) mass is 430 g/mol. The first-order valence-corrected chi connectivity index (χ1v) is 9.48. The lowest BCUT2D eigenvalue weighted by Crippen LogP contribution is -2.22. The number of allylic oxidation sites excluding steroid dienone is 1. The van der Waals surface area contributed by atoms with Gasteiger partial charge in [0.1, 0.15) is 11.6 Å². The van der Waals surface area contributed by atoms with Crippen LogP contribution in [0.3, 0.4) is 0 Å².